The summed E-state index contributed by atoms with van der Waals surface area (Å²) < 4.78 is 5.82. The Kier molecular flexibility index (Phi) is 5.30. The number of ether oxygens (including phenoxy) is 1. The molecule has 27 heavy (non-hydrogen) atoms. The number of anilines is 1. The lowest BCUT2D eigenvalue weighted by atomic mass is 10.2. The van der Waals surface area contributed by atoms with Crippen molar-refractivity contribution in [2.75, 3.05) is 10.7 Å². The SMILES string of the molecule is O=C1CSC(c2cccc(Cl)c2)N1c1ccc(Oc2ccc(Cl)cc2)cc1. The molecule has 0 saturated carbocycles. The molecule has 0 aliphatic carbocycles. The molecule has 136 valence electrons. The van der Waals surface area contributed by atoms with Gasteiger partial charge in [-0.15, -0.1) is 11.8 Å². The molecule has 1 unspecified atom stereocenters. The van der Waals surface area contributed by atoms with Gasteiger partial charge in [-0.1, -0.05) is 35.3 Å². The van der Waals surface area contributed by atoms with Gasteiger partial charge in [0.1, 0.15) is 16.9 Å². The zero-order valence-electron chi connectivity index (χ0n) is 14.1. The fourth-order valence-corrected chi connectivity index (χ4v) is 4.42. The molecule has 1 heterocycles. The molecular formula is C21H15Cl2NO2S. The van der Waals surface area contributed by atoms with Crippen molar-refractivity contribution in [3.8, 4) is 11.5 Å². The van der Waals surface area contributed by atoms with Crippen LogP contribution in [0, 0.1) is 0 Å². The van der Waals surface area contributed by atoms with E-state index in [1.807, 2.05) is 65.6 Å². The number of hydrogen-bond donors (Lipinski definition) is 0. The van der Waals surface area contributed by atoms with E-state index in [4.69, 9.17) is 27.9 Å². The highest BCUT2D eigenvalue weighted by Gasteiger charge is 2.34. The Bertz CT molecular complexity index is 961. The maximum atomic E-state index is 12.5. The molecule has 1 saturated heterocycles. The highest BCUT2D eigenvalue weighted by molar-refractivity contribution is 8.00. The number of rotatable bonds is 4. The fraction of sp³-hybridized carbons (Fsp3) is 0.0952. The highest BCUT2D eigenvalue weighted by Crippen LogP contribution is 2.42. The van der Waals surface area contributed by atoms with Gasteiger partial charge in [0.2, 0.25) is 5.91 Å². The Hall–Kier alpha value is -2.14. The summed E-state index contributed by atoms with van der Waals surface area (Å²) in [6, 6.07) is 22.3. The topological polar surface area (TPSA) is 29.5 Å². The van der Waals surface area contributed by atoms with Crippen LogP contribution in [0.15, 0.2) is 72.8 Å². The largest absolute Gasteiger partial charge is 0.457 e. The summed E-state index contributed by atoms with van der Waals surface area (Å²) in [6.07, 6.45) is 0. The monoisotopic (exact) mass is 415 g/mol. The van der Waals surface area contributed by atoms with Crippen LogP contribution in [-0.4, -0.2) is 11.7 Å². The van der Waals surface area contributed by atoms with E-state index in [2.05, 4.69) is 0 Å². The molecule has 1 aliphatic heterocycles. The maximum absolute atomic E-state index is 12.5. The molecule has 6 heteroatoms. The van der Waals surface area contributed by atoms with Gasteiger partial charge in [-0.2, -0.15) is 0 Å². The minimum Gasteiger partial charge on any atom is -0.457 e. The van der Waals surface area contributed by atoms with Crippen LogP contribution in [0.25, 0.3) is 0 Å². The average molecular weight is 416 g/mol. The molecule has 3 aromatic rings. The van der Waals surface area contributed by atoms with Crippen molar-refractivity contribution in [3.05, 3.63) is 88.4 Å². The standard InChI is InChI=1S/C21H15Cl2NO2S/c22-15-4-8-18(9-5-15)26-19-10-6-17(7-11-19)24-20(25)13-27-21(24)14-2-1-3-16(23)12-14/h1-12,21H,13H2. The lowest BCUT2D eigenvalue weighted by Crippen LogP contribution is -2.27. The number of benzene rings is 3. The smallest absolute Gasteiger partial charge is 0.238 e. The van der Waals surface area contributed by atoms with Crippen LogP contribution in [0.2, 0.25) is 10.0 Å². The van der Waals surface area contributed by atoms with Gasteiger partial charge >= 0.3 is 0 Å². The first kappa shape index (κ1) is 18.2. The van der Waals surface area contributed by atoms with E-state index in [1.165, 1.54) is 0 Å². The van der Waals surface area contributed by atoms with Gasteiger partial charge in [0.05, 0.1) is 5.75 Å². The van der Waals surface area contributed by atoms with Crippen molar-refractivity contribution in [3.63, 3.8) is 0 Å². The van der Waals surface area contributed by atoms with Crippen molar-refractivity contribution in [2.24, 2.45) is 0 Å². The lowest BCUT2D eigenvalue weighted by molar-refractivity contribution is -0.115. The Labute approximate surface area is 171 Å². The molecule has 0 aromatic heterocycles. The fourth-order valence-electron chi connectivity index (χ4n) is 2.92. The van der Waals surface area contributed by atoms with Gasteiger partial charge in [-0.05, 0) is 66.2 Å². The van der Waals surface area contributed by atoms with Crippen LogP contribution in [0.5, 0.6) is 11.5 Å². The molecule has 4 rings (SSSR count). The summed E-state index contributed by atoms with van der Waals surface area (Å²) >= 11 is 13.6. The summed E-state index contributed by atoms with van der Waals surface area (Å²) in [6.45, 7) is 0. The Balaban J connectivity index is 1.56. The van der Waals surface area contributed by atoms with E-state index in [0.29, 0.717) is 27.3 Å². The molecule has 3 nitrogen and oxygen atoms in total. The lowest BCUT2D eigenvalue weighted by Gasteiger charge is -2.24. The van der Waals surface area contributed by atoms with Crippen molar-refractivity contribution < 1.29 is 9.53 Å². The molecule has 0 spiro atoms. The Morgan fingerprint density at radius 3 is 2.22 bits per heavy atom. The third-order valence-electron chi connectivity index (χ3n) is 4.17. The number of nitrogens with zero attached hydrogens (tertiary/aromatic N) is 1. The molecule has 1 fully saturated rings. The van der Waals surface area contributed by atoms with Crippen molar-refractivity contribution in [1.29, 1.82) is 0 Å². The zero-order valence-corrected chi connectivity index (χ0v) is 16.5. The van der Waals surface area contributed by atoms with Crippen LogP contribution < -0.4 is 9.64 Å². The van der Waals surface area contributed by atoms with Gasteiger partial charge in [0, 0.05) is 15.7 Å². The summed E-state index contributed by atoms with van der Waals surface area (Å²) in [7, 11) is 0. The quantitative estimate of drug-likeness (QED) is 0.482. The highest BCUT2D eigenvalue weighted by atomic mass is 35.5. The molecule has 1 aliphatic rings. The minimum absolute atomic E-state index is 0.0799. The second-order valence-corrected chi connectivity index (χ2v) is 7.97. The summed E-state index contributed by atoms with van der Waals surface area (Å²) in [5, 5.41) is 1.24. The molecule has 1 atom stereocenters. The van der Waals surface area contributed by atoms with Gasteiger partial charge < -0.3 is 4.74 Å². The van der Waals surface area contributed by atoms with Crippen LogP contribution in [0.4, 0.5) is 5.69 Å². The average Bonchev–Trinajstić information content (AvgIpc) is 3.06. The number of thioether (sulfide) groups is 1. The molecule has 1 amide bonds. The van der Waals surface area contributed by atoms with Crippen molar-refractivity contribution >= 4 is 46.6 Å². The van der Waals surface area contributed by atoms with Crippen LogP contribution in [0.3, 0.4) is 0 Å². The van der Waals surface area contributed by atoms with Crippen molar-refractivity contribution in [1.82, 2.24) is 0 Å². The summed E-state index contributed by atoms with van der Waals surface area (Å²) in [5.74, 6) is 1.92. The Morgan fingerprint density at radius 1 is 0.889 bits per heavy atom. The predicted octanol–water partition coefficient (Wildman–Crippen LogP) is 6.56. The molecule has 0 bridgehead atoms. The van der Waals surface area contributed by atoms with E-state index in [-0.39, 0.29) is 11.3 Å². The van der Waals surface area contributed by atoms with Gasteiger partial charge in [0.15, 0.2) is 0 Å². The number of carbonyl (C=O) groups is 1. The number of halogens is 2. The molecule has 3 aromatic carbocycles. The summed E-state index contributed by atoms with van der Waals surface area (Å²) in [5.41, 5.74) is 1.85. The first-order valence-corrected chi connectivity index (χ1v) is 10.1. The van der Waals surface area contributed by atoms with Gasteiger partial charge in [0.25, 0.3) is 0 Å². The zero-order chi connectivity index (χ0) is 18.8. The van der Waals surface area contributed by atoms with E-state index < -0.39 is 0 Å². The van der Waals surface area contributed by atoms with Crippen LogP contribution in [-0.2, 0) is 4.79 Å². The minimum atomic E-state index is -0.0840. The predicted molar refractivity (Wildman–Crippen MR) is 112 cm³/mol. The molecule has 0 radical (unpaired) electrons. The summed E-state index contributed by atoms with van der Waals surface area (Å²) in [4.78, 5) is 14.3. The second kappa shape index (κ2) is 7.85. The number of carbonyl (C=O) groups excluding carboxylic acids is 1. The third-order valence-corrected chi connectivity index (χ3v) is 5.87. The third kappa shape index (κ3) is 4.08. The Morgan fingerprint density at radius 2 is 1.56 bits per heavy atom. The van der Waals surface area contributed by atoms with E-state index >= 15 is 0 Å². The normalized spacial score (nSPS) is 16.6. The van der Waals surface area contributed by atoms with Crippen molar-refractivity contribution in [2.45, 2.75) is 5.37 Å². The van der Waals surface area contributed by atoms with Gasteiger partial charge in [-0.25, -0.2) is 0 Å². The molecule has 0 N–H and O–H groups in total. The van der Waals surface area contributed by atoms with Gasteiger partial charge in [-0.3, -0.25) is 9.69 Å². The first-order chi connectivity index (χ1) is 13.1. The van der Waals surface area contributed by atoms with Crippen LogP contribution >= 0.6 is 35.0 Å². The number of hydrogen-bond acceptors (Lipinski definition) is 3. The van der Waals surface area contributed by atoms with E-state index in [9.17, 15) is 4.79 Å². The van der Waals surface area contributed by atoms with E-state index in [1.54, 1.807) is 23.9 Å². The maximum Gasteiger partial charge on any atom is 0.238 e. The number of amides is 1. The first-order valence-electron chi connectivity index (χ1n) is 8.33. The second-order valence-electron chi connectivity index (χ2n) is 6.03. The van der Waals surface area contributed by atoms with Crippen LogP contribution in [0.1, 0.15) is 10.9 Å². The molecular weight excluding hydrogens is 401 g/mol. The van der Waals surface area contributed by atoms with E-state index in [0.717, 1.165) is 11.3 Å².